The number of aliphatic hydroxyl groups excluding tert-OH is 1. The number of guanidine groups is 1. The maximum atomic E-state index is 9.40. The normalized spacial score (nSPS) is 18.3. The molecule has 31 heavy (non-hydrogen) atoms. The number of nitrogens with zero attached hydrogens (tertiary/aromatic N) is 1. The Hall–Kier alpha value is -1.84. The first kappa shape index (κ1) is 25.4. The summed E-state index contributed by atoms with van der Waals surface area (Å²) < 4.78 is 11.4. The van der Waals surface area contributed by atoms with Gasteiger partial charge in [0.2, 0.25) is 0 Å². The van der Waals surface area contributed by atoms with E-state index >= 15 is 0 Å². The van der Waals surface area contributed by atoms with Crippen LogP contribution < -0.4 is 15.4 Å². The minimum absolute atomic E-state index is 0. The first-order valence-corrected chi connectivity index (χ1v) is 10.7. The van der Waals surface area contributed by atoms with Crippen LogP contribution in [0.5, 0.6) is 5.75 Å². The van der Waals surface area contributed by atoms with Gasteiger partial charge in [0.15, 0.2) is 5.96 Å². The molecular formula is C24H34IN3O3. The van der Waals surface area contributed by atoms with Gasteiger partial charge in [-0.1, -0.05) is 42.5 Å². The van der Waals surface area contributed by atoms with Crippen molar-refractivity contribution < 1.29 is 14.6 Å². The van der Waals surface area contributed by atoms with Crippen LogP contribution in [0.2, 0.25) is 0 Å². The lowest BCUT2D eigenvalue weighted by Gasteiger charge is -2.27. The van der Waals surface area contributed by atoms with Crippen LogP contribution in [0.1, 0.15) is 30.9 Å². The molecule has 1 unspecified atom stereocenters. The molecule has 3 rings (SSSR count). The Labute approximate surface area is 202 Å². The summed E-state index contributed by atoms with van der Waals surface area (Å²) in [6.45, 7) is 6.35. The van der Waals surface area contributed by atoms with Crippen LogP contribution in [-0.4, -0.2) is 44.0 Å². The molecule has 2 aromatic rings. The Morgan fingerprint density at radius 1 is 1.10 bits per heavy atom. The second-order valence-electron chi connectivity index (χ2n) is 7.74. The van der Waals surface area contributed by atoms with Gasteiger partial charge in [0.25, 0.3) is 0 Å². The van der Waals surface area contributed by atoms with Crippen molar-refractivity contribution in [2.45, 2.75) is 32.9 Å². The van der Waals surface area contributed by atoms with Gasteiger partial charge in [-0.25, -0.2) is 4.99 Å². The number of nitrogens with one attached hydrogen (secondary N) is 2. The first-order chi connectivity index (χ1) is 14.7. The molecule has 0 saturated carbocycles. The Kier molecular flexibility index (Phi) is 11.1. The third-order valence-corrected chi connectivity index (χ3v) is 5.39. The molecule has 0 amide bonds. The Balaban J connectivity index is 0.00000341. The van der Waals surface area contributed by atoms with Crippen LogP contribution in [0.3, 0.4) is 0 Å². The van der Waals surface area contributed by atoms with Crippen LogP contribution in [0.15, 0.2) is 59.6 Å². The average Bonchev–Trinajstić information content (AvgIpc) is 3.25. The van der Waals surface area contributed by atoms with E-state index in [1.165, 1.54) is 0 Å². The van der Waals surface area contributed by atoms with Gasteiger partial charge in [-0.3, -0.25) is 0 Å². The largest absolute Gasteiger partial charge is 0.489 e. The SMILES string of the molecule is CCNC(=NCc1ccc(OCc2ccccc2)cc1)NCC1(CCO)CCOC1.I. The molecule has 1 atom stereocenters. The highest BCUT2D eigenvalue weighted by Crippen LogP contribution is 2.31. The van der Waals surface area contributed by atoms with Crippen molar-refractivity contribution in [3.05, 3.63) is 65.7 Å². The van der Waals surface area contributed by atoms with Gasteiger partial charge in [-0.05, 0) is 43.0 Å². The molecule has 1 fully saturated rings. The molecule has 0 aliphatic carbocycles. The molecule has 170 valence electrons. The standard InChI is InChI=1S/C24H33N3O3.HI/c1-2-25-23(27-18-24(12-14-28)13-15-29-19-24)26-16-20-8-10-22(11-9-20)30-17-21-6-4-3-5-7-21;/h3-11,28H,2,12-19H2,1H3,(H2,25,26,27);1H. The van der Waals surface area contributed by atoms with Crippen LogP contribution in [0, 0.1) is 5.41 Å². The van der Waals surface area contributed by atoms with Crippen molar-refractivity contribution in [2.24, 2.45) is 10.4 Å². The second-order valence-corrected chi connectivity index (χ2v) is 7.74. The lowest BCUT2D eigenvalue weighted by Crippen LogP contribution is -2.44. The molecule has 3 N–H and O–H groups in total. The summed E-state index contributed by atoms with van der Waals surface area (Å²) in [6, 6.07) is 18.2. The highest BCUT2D eigenvalue weighted by Gasteiger charge is 2.34. The maximum Gasteiger partial charge on any atom is 0.191 e. The molecule has 0 radical (unpaired) electrons. The number of benzene rings is 2. The Bertz CT molecular complexity index is 778. The van der Waals surface area contributed by atoms with Gasteiger partial charge in [0.05, 0.1) is 13.2 Å². The fourth-order valence-electron chi connectivity index (χ4n) is 3.53. The van der Waals surface area contributed by atoms with Gasteiger partial charge in [-0.2, -0.15) is 0 Å². The van der Waals surface area contributed by atoms with E-state index in [0.717, 1.165) is 55.4 Å². The maximum absolute atomic E-state index is 9.40. The first-order valence-electron chi connectivity index (χ1n) is 10.7. The van der Waals surface area contributed by atoms with E-state index in [1.54, 1.807) is 0 Å². The number of rotatable bonds is 10. The third kappa shape index (κ3) is 8.31. The number of hydrogen-bond donors (Lipinski definition) is 3. The molecule has 2 aromatic carbocycles. The van der Waals surface area contributed by atoms with Crippen molar-refractivity contribution in [1.82, 2.24) is 10.6 Å². The lowest BCUT2D eigenvalue weighted by atomic mass is 9.84. The third-order valence-electron chi connectivity index (χ3n) is 5.39. The van der Waals surface area contributed by atoms with Crippen LogP contribution >= 0.6 is 24.0 Å². The molecule has 1 saturated heterocycles. The summed E-state index contributed by atoms with van der Waals surface area (Å²) in [5, 5.41) is 16.1. The molecule has 0 spiro atoms. The van der Waals surface area contributed by atoms with Gasteiger partial charge in [0, 0.05) is 31.7 Å². The Morgan fingerprint density at radius 3 is 2.52 bits per heavy atom. The highest BCUT2D eigenvalue weighted by molar-refractivity contribution is 14.0. The monoisotopic (exact) mass is 539 g/mol. The van der Waals surface area contributed by atoms with E-state index in [1.807, 2.05) is 42.5 Å². The van der Waals surface area contributed by atoms with Gasteiger partial charge >= 0.3 is 0 Å². The molecule has 7 heteroatoms. The smallest absolute Gasteiger partial charge is 0.191 e. The minimum atomic E-state index is -0.0112. The number of aliphatic imine (C=N–C) groups is 1. The van der Waals surface area contributed by atoms with Crippen LogP contribution in [0.4, 0.5) is 0 Å². The van der Waals surface area contributed by atoms with E-state index < -0.39 is 0 Å². The molecular weight excluding hydrogens is 505 g/mol. The Morgan fingerprint density at radius 2 is 1.87 bits per heavy atom. The fourth-order valence-corrected chi connectivity index (χ4v) is 3.53. The second kappa shape index (κ2) is 13.5. The molecule has 1 aliphatic heterocycles. The van der Waals surface area contributed by atoms with Crippen molar-refractivity contribution in [3.8, 4) is 5.75 Å². The van der Waals surface area contributed by atoms with Crippen LogP contribution in [0.25, 0.3) is 0 Å². The summed E-state index contributed by atoms with van der Waals surface area (Å²) >= 11 is 0. The van der Waals surface area contributed by atoms with Crippen molar-refractivity contribution in [3.63, 3.8) is 0 Å². The van der Waals surface area contributed by atoms with Crippen molar-refractivity contribution >= 4 is 29.9 Å². The van der Waals surface area contributed by atoms with E-state index in [4.69, 9.17) is 14.5 Å². The van der Waals surface area contributed by atoms with E-state index in [2.05, 4.69) is 29.7 Å². The predicted octanol–water partition coefficient (Wildman–Crippen LogP) is 3.73. The predicted molar refractivity (Wildman–Crippen MR) is 135 cm³/mol. The number of ether oxygens (including phenoxy) is 2. The van der Waals surface area contributed by atoms with Gasteiger partial charge in [0.1, 0.15) is 12.4 Å². The van der Waals surface area contributed by atoms with Crippen molar-refractivity contribution in [2.75, 3.05) is 32.9 Å². The highest BCUT2D eigenvalue weighted by atomic mass is 127. The number of halogens is 1. The summed E-state index contributed by atoms with van der Waals surface area (Å²) in [5.74, 6) is 1.63. The number of aliphatic hydroxyl groups is 1. The fraction of sp³-hybridized carbons (Fsp3) is 0.458. The molecule has 0 aromatic heterocycles. The minimum Gasteiger partial charge on any atom is -0.489 e. The topological polar surface area (TPSA) is 75.1 Å². The summed E-state index contributed by atoms with van der Waals surface area (Å²) in [4.78, 5) is 4.71. The zero-order chi connectivity index (χ0) is 21.1. The van der Waals surface area contributed by atoms with E-state index in [-0.39, 0.29) is 36.0 Å². The summed E-state index contributed by atoms with van der Waals surface area (Å²) in [6.07, 6.45) is 1.70. The van der Waals surface area contributed by atoms with Gasteiger partial charge in [-0.15, -0.1) is 24.0 Å². The number of hydrogen-bond acceptors (Lipinski definition) is 4. The zero-order valence-corrected chi connectivity index (χ0v) is 20.5. The summed E-state index contributed by atoms with van der Waals surface area (Å²) in [5.41, 5.74) is 2.26. The zero-order valence-electron chi connectivity index (χ0n) is 18.2. The van der Waals surface area contributed by atoms with Gasteiger partial charge < -0.3 is 25.2 Å². The van der Waals surface area contributed by atoms with Crippen molar-refractivity contribution in [1.29, 1.82) is 0 Å². The lowest BCUT2D eigenvalue weighted by molar-refractivity contribution is 0.127. The molecule has 1 heterocycles. The molecule has 6 nitrogen and oxygen atoms in total. The molecule has 1 aliphatic rings. The quantitative estimate of drug-likeness (QED) is 0.244. The summed E-state index contributed by atoms with van der Waals surface area (Å²) in [7, 11) is 0. The average molecular weight is 539 g/mol. The van der Waals surface area contributed by atoms with E-state index in [9.17, 15) is 5.11 Å². The van der Waals surface area contributed by atoms with Crippen LogP contribution in [-0.2, 0) is 17.9 Å². The van der Waals surface area contributed by atoms with E-state index in [0.29, 0.717) is 19.8 Å². The molecule has 0 bridgehead atoms.